The van der Waals surface area contributed by atoms with Gasteiger partial charge in [0.1, 0.15) is 0 Å². The van der Waals surface area contributed by atoms with Crippen LogP contribution >= 0.6 is 0 Å². The van der Waals surface area contributed by atoms with E-state index < -0.39 is 0 Å². The Bertz CT molecular complexity index is 331. The van der Waals surface area contributed by atoms with Gasteiger partial charge in [-0.05, 0) is 31.7 Å². The van der Waals surface area contributed by atoms with E-state index in [1.807, 2.05) is 4.90 Å². The van der Waals surface area contributed by atoms with Gasteiger partial charge in [0, 0.05) is 32.8 Å². The van der Waals surface area contributed by atoms with Crippen LogP contribution in [0.5, 0.6) is 0 Å². The summed E-state index contributed by atoms with van der Waals surface area (Å²) in [6.45, 7) is 9.71. The highest BCUT2D eigenvalue weighted by Crippen LogP contribution is 2.15. The van der Waals surface area contributed by atoms with Crippen molar-refractivity contribution in [2.45, 2.75) is 51.7 Å². The average molecular weight is 297 g/mol. The van der Waals surface area contributed by atoms with Crippen LogP contribution in [0.4, 0.5) is 0 Å². The third-order valence-electron chi connectivity index (χ3n) is 4.93. The standard InChI is InChI=1S/C16H31N3O2/c1-3-13(2)15(17)16(20)19-8-5-7-18(9-10-19)12-14-6-4-11-21-14/h13-15H,3-12,17H2,1-2H3/t13-,14?,15-/m0/s1. The molecule has 21 heavy (non-hydrogen) atoms. The van der Waals surface area contributed by atoms with Crippen molar-refractivity contribution >= 4 is 5.91 Å². The Morgan fingerprint density at radius 2 is 2.10 bits per heavy atom. The highest BCUT2D eigenvalue weighted by molar-refractivity contribution is 5.82. The highest BCUT2D eigenvalue weighted by Gasteiger charge is 2.27. The summed E-state index contributed by atoms with van der Waals surface area (Å²) < 4.78 is 5.71. The molecule has 2 saturated heterocycles. The molecule has 0 radical (unpaired) electrons. The second-order valence-corrected chi connectivity index (χ2v) is 6.53. The summed E-state index contributed by atoms with van der Waals surface area (Å²) in [6.07, 6.45) is 4.75. The van der Waals surface area contributed by atoms with Crippen molar-refractivity contribution in [2.24, 2.45) is 11.7 Å². The van der Waals surface area contributed by atoms with E-state index in [2.05, 4.69) is 18.7 Å². The van der Waals surface area contributed by atoms with Crippen LogP contribution in [0.1, 0.15) is 39.5 Å². The number of carbonyl (C=O) groups excluding carboxylic acids is 1. The van der Waals surface area contributed by atoms with Gasteiger partial charge in [0.2, 0.25) is 5.91 Å². The van der Waals surface area contributed by atoms with E-state index in [4.69, 9.17) is 10.5 Å². The van der Waals surface area contributed by atoms with E-state index in [1.165, 1.54) is 12.8 Å². The highest BCUT2D eigenvalue weighted by atomic mass is 16.5. The number of ether oxygens (including phenoxy) is 1. The van der Waals surface area contributed by atoms with Gasteiger partial charge in [0.15, 0.2) is 0 Å². The molecule has 2 rings (SSSR count). The Balaban J connectivity index is 1.80. The molecule has 5 heteroatoms. The number of nitrogens with two attached hydrogens (primary N) is 1. The summed E-state index contributed by atoms with van der Waals surface area (Å²) in [6, 6.07) is -0.347. The van der Waals surface area contributed by atoms with E-state index in [-0.39, 0.29) is 17.9 Å². The van der Waals surface area contributed by atoms with Crippen molar-refractivity contribution in [1.82, 2.24) is 9.80 Å². The Morgan fingerprint density at radius 3 is 2.76 bits per heavy atom. The summed E-state index contributed by atoms with van der Waals surface area (Å²) in [5.74, 6) is 0.382. The first-order valence-electron chi connectivity index (χ1n) is 8.50. The maximum Gasteiger partial charge on any atom is 0.239 e. The summed E-state index contributed by atoms with van der Waals surface area (Å²) in [7, 11) is 0. The smallest absolute Gasteiger partial charge is 0.239 e. The molecule has 2 heterocycles. The summed E-state index contributed by atoms with van der Waals surface area (Å²) in [4.78, 5) is 16.9. The molecule has 0 bridgehead atoms. The predicted molar refractivity (Wildman–Crippen MR) is 84.0 cm³/mol. The fourth-order valence-electron chi connectivity index (χ4n) is 3.16. The fourth-order valence-corrected chi connectivity index (χ4v) is 3.16. The molecule has 0 aromatic heterocycles. The maximum absolute atomic E-state index is 12.5. The molecule has 0 aliphatic carbocycles. The topological polar surface area (TPSA) is 58.8 Å². The predicted octanol–water partition coefficient (Wildman–Crippen LogP) is 1.07. The van der Waals surface area contributed by atoms with Gasteiger partial charge in [0.05, 0.1) is 12.1 Å². The van der Waals surface area contributed by atoms with Gasteiger partial charge in [-0.3, -0.25) is 9.69 Å². The van der Waals surface area contributed by atoms with Crippen LogP contribution in [-0.2, 0) is 9.53 Å². The lowest BCUT2D eigenvalue weighted by molar-refractivity contribution is -0.133. The van der Waals surface area contributed by atoms with E-state index in [0.29, 0.717) is 6.10 Å². The van der Waals surface area contributed by atoms with Crippen LogP contribution in [-0.4, -0.2) is 67.2 Å². The molecule has 2 aliphatic rings. The van der Waals surface area contributed by atoms with Gasteiger partial charge in [-0.15, -0.1) is 0 Å². The molecule has 0 aromatic carbocycles. The first-order valence-corrected chi connectivity index (χ1v) is 8.50. The molecular weight excluding hydrogens is 266 g/mol. The summed E-state index contributed by atoms with van der Waals surface area (Å²) >= 11 is 0. The van der Waals surface area contributed by atoms with Gasteiger partial charge in [-0.1, -0.05) is 20.3 Å². The molecule has 2 N–H and O–H groups in total. The summed E-state index contributed by atoms with van der Waals surface area (Å²) in [5.41, 5.74) is 6.10. The van der Waals surface area contributed by atoms with Crippen molar-refractivity contribution in [3.05, 3.63) is 0 Å². The molecule has 122 valence electrons. The lowest BCUT2D eigenvalue weighted by atomic mass is 9.99. The molecule has 0 saturated carbocycles. The number of amides is 1. The lowest BCUT2D eigenvalue weighted by Crippen LogP contribution is -2.48. The van der Waals surface area contributed by atoms with E-state index in [9.17, 15) is 4.79 Å². The Kier molecular flexibility index (Phi) is 6.45. The van der Waals surface area contributed by atoms with Crippen LogP contribution in [0.2, 0.25) is 0 Å². The van der Waals surface area contributed by atoms with Gasteiger partial charge in [-0.25, -0.2) is 0 Å². The minimum Gasteiger partial charge on any atom is -0.377 e. The molecule has 0 aromatic rings. The van der Waals surface area contributed by atoms with Crippen molar-refractivity contribution in [3.8, 4) is 0 Å². The Morgan fingerprint density at radius 1 is 1.29 bits per heavy atom. The van der Waals surface area contributed by atoms with Crippen LogP contribution in [0.15, 0.2) is 0 Å². The van der Waals surface area contributed by atoms with Gasteiger partial charge < -0.3 is 15.4 Å². The summed E-state index contributed by atoms with van der Waals surface area (Å²) in [5, 5.41) is 0. The normalized spacial score (nSPS) is 27.4. The molecule has 1 unspecified atom stereocenters. The third-order valence-corrected chi connectivity index (χ3v) is 4.93. The van der Waals surface area contributed by atoms with Gasteiger partial charge in [0.25, 0.3) is 0 Å². The maximum atomic E-state index is 12.5. The molecule has 1 amide bonds. The minimum atomic E-state index is -0.347. The number of rotatable bonds is 5. The largest absolute Gasteiger partial charge is 0.377 e. The second kappa shape index (κ2) is 8.11. The fraction of sp³-hybridized carbons (Fsp3) is 0.938. The number of nitrogens with zero attached hydrogens (tertiary/aromatic N) is 2. The van der Waals surface area contributed by atoms with Crippen molar-refractivity contribution in [1.29, 1.82) is 0 Å². The van der Waals surface area contributed by atoms with Crippen LogP contribution < -0.4 is 5.73 Å². The Labute approximate surface area is 128 Å². The van der Waals surface area contributed by atoms with Crippen molar-refractivity contribution in [2.75, 3.05) is 39.3 Å². The molecule has 2 fully saturated rings. The average Bonchev–Trinajstić information content (AvgIpc) is 2.89. The molecular formula is C16H31N3O2. The first-order chi connectivity index (χ1) is 10.1. The van der Waals surface area contributed by atoms with Crippen molar-refractivity contribution < 1.29 is 9.53 Å². The van der Waals surface area contributed by atoms with E-state index in [1.54, 1.807) is 0 Å². The SMILES string of the molecule is CC[C@H](C)[C@H](N)C(=O)N1CCCN(CC2CCCO2)CC1. The number of hydrogen-bond donors (Lipinski definition) is 1. The number of hydrogen-bond acceptors (Lipinski definition) is 4. The van der Waals surface area contributed by atoms with E-state index in [0.717, 1.165) is 52.2 Å². The lowest BCUT2D eigenvalue weighted by Gasteiger charge is -2.27. The monoisotopic (exact) mass is 297 g/mol. The zero-order valence-corrected chi connectivity index (χ0v) is 13.6. The van der Waals surface area contributed by atoms with Gasteiger partial charge >= 0.3 is 0 Å². The second-order valence-electron chi connectivity index (χ2n) is 6.53. The molecule has 5 nitrogen and oxygen atoms in total. The Hall–Kier alpha value is -0.650. The molecule has 0 spiro atoms. The third kappa shape index (κ3) is 4.66. The van der Waals surface area contributed by atoms with Crippen LogP contribution in [0.3, 0.4) is 0 Å². The number of carbonyl (C=O) groups is 1. The quantitative estimate of drug-likeness (QED) is 0.825. The zero-order chi connectivity index (χ0) is 15.2. The first kappa shape index (κ1) is 16.7. The minimum absolute atomic E-state index is 0.128. The zero-order valence-electron chi connectivity index (χ0n) is 13.6. The molecule has 3 atom stereocenters. The van der Waals surface area contributed by atoms with Crippen LogP contribution in [0, 0.1) is 5.92 Å². The van der Waals surface area contributed by atoms with Crippen molar-refractivity contribution in [3.63, 3.8) is 0 Å². The molecule has 2 aliphatic heterocycles. The van der Waals surface area contributed by atoms with Gasteiger partial charge in [-0.2, -0.15) is 0 Å². The van der Waals surface area contributed by atoms with Crippen LogP contribution in [0.25, 0.3) is 0 Å². The van der Waals surface area contributed by atoms with E-state index >= 15 is 0 Å².